The van der Waals surface area contributed by atoms with Gasteiger partial charge in [0.2, 0.25) is 5.91 Å². The van der Waals surface area contributed by atoms with Crippen LogP contribution in [0.3, 0.4) is 0 Å². The highest BCUT2D eigenvalue weighted by atomic mass is 31.2. The van der Waals surface area contributed by atoms with E-state index in [1.54, 1.807) is 13.8 Å². The van der Waals surface area contributed by atoms with Crippen LogP contribution in [-0.4, -0.2) is 31.2 Å². The summed E-state index contributed by atoms with van der Waals surface area (Å²) in [7, 11) is -3.25. The van der Waals surface area contributed by atoms with E-state index in [1.807, 2.05) is 6.08 Å². The van der Waals surface area contributed by atoms with Crippen LogP contribution in [0.1, 0.15) is 53.9 Å². The van der Waals surface area contributed by atoms with Crippen LogP contribution in [0.2, 0.25) is 0 Å². The van der Waals surface area contributed by atoms with Crippen molar-refractivity contribution in [2.24, 2.45) is 17.6 Å². The largest absolute Gasteiger partial charge is 0.357 e. The van der Waals surface area contributed by atoms with Crippen molar-refractivity contribution in [2.75, 3.05) is 13.2 Å². The zero-order chi connectivity index (χ0) is 18.3. The van der Waals surface area contributed by atoms with Crippen molar-refractivity contribution in [1.82, 2.24) is 5.32 Å². The van der Waals surface area contributed by atoms with E-state index in [9.17, 15) is 9.36 Å². The van der Waals surface area contributed by atoms with Crippen molar-refractivity contribution in [2.45, 2.75) is 66.0 Å². The molecule has 1 aliphatic carbocycles. The van der Waals surface area contributed by atoms with Gasteiger partial charge < -0.3 is 20.1 Å². The second-order valence-electron chi connectivity index (χ2n) is 6.73. The third kappa shape index (κ3) is 5.99. The molecule has 0 aliphatic heterocycles. The monoisotopic (exact) mass is 360 g/mol. The summed E-state index contributed by atoms with van der Waals surface area (Å²) in [5.74, 6) is 0.533. The fourth-order valence-electron chi connectivity index (χ4n) is 3.26. The van der Waals surface area contributed by atoms with Gasteiger partial charge in [-0.15, -0.1) is 0 Å². The maximum absolute atomic E-state index is 12.9. The summed E-state index contributed by atoms with van der Waals surface area (Å²) in [5, 5.41) is 3.70. The van der Waals surface area contributed by atoms with Crippen molar-refractivity contribution in [3.05, 3.63) is 11.4 Å². The Kier molecular flexibility index (Phi) is 8.65. The smallest absolute Gasteiger partial charge is 0.353 e. The molecular formula is C17H33N2O4P. The molecule has 3 atom stereocenters. The van der Waals surface area contributed by atoms with Gasteiger partial charge in [-0.1, -0.05) is 19.9 Å². The number of rotatable bonds is 9. The Balaban J connectivity index is 2.95. The van der Waals surface area contributed by atoms with Gasteiger partial charge in [-0.25, -0.2) is 0 Å². The average molecular weight is 360 g/mol. The van der Waals surface area contributed by atoms with Gasteiger partial charge in [-0.3, -0.25) is 9.36 Å². The summed E-state index contributed by atoms with van der Waals surface area (Å²) in [5.41, 5.74) is 6.39. The lowest BCUT2D eigenvalue weighted by Gasteiger charge is -2.37. The summed E-state index contributed by atoms with van der Waals surface area (Å²) in [6.45, 7) is 10.0. The van der Waals surface area contributed by atoms with Crippen LogP contribution in [0, 0.1) is 11.8 Å². The molecule has 0 spiro atoms. The number of allylic oxidation sites excluding steroid dienone is 1. The van der Waals surface area contributed by atoms with Crippen LogP contribution in [0.5, 0.6) is 0 Å². The lowest BCUT2D eigenvalue weighted by Crippen LogP contribution is -2.48. The Labute approximate surface area is 146 Å². The SMILES string of the molecule is CCOP(=O)(OCC)C1=CC[C@@H]([C@H](CC(C)C)NC(C)=O)[C@H](N)C1. The van der Waals surface area contributed by atoms with E-state index >= 15 is 0 Å². The van der Waals surface area contributed by atoms with Crippen LogP contribution in [0.15, 0.2) is 11.4 Å². The third-order valence-electron chi connectivity index (χ3n) is 4.20. The van der Waals surface area contributed by atoms with E-state index in [4.69, 9.17) is 14.8 Å². The molecule has 0 saturated carbocycles. The molecule has 6 nitrogen and oxygen atoms in total. The molecule has 0 radical (unpaired) electrons. The van der Waals surface area contributed by atoms with E-state index in [2.05, 4.69) is 19.2 Å². The molecule has 1 rings (SSSR count). The third-order valence-corrected chi connectivity index (χ3v) is 6.47. The van der Waals surface area contributed by atoms with Gasteiger partial charge in [0.05, 0.1) is 13.2 Å². The Morgan fingerprint density at radius 2 is 1.96 bits per heavy atom. The molecule has 0 aromatic heterocycles. The highest BCUT2D eigenvalue weighted by Crippen LogP contribution is 2.59. The molecule has 0 fully saturated rings. The first-order chi connectivity index (χ1) is 11.2. The molecule has 0 unspecified atom stereocenters. The molecular weight excluding hydrogens is 327 g/mol. The van der Waals surface area contributed by atoms with E-state index in [0.29, 0.717) is 37.3 Å². The molecule has 1 amide bonds. The van der Waals surface area contributed by atoms with Crippen LogP contribution in [-0.2, 0) is 18.4 Å². The Morgan fingerprint density at radius 3 is 2.38 bits per heavy atom. The van der Waals surface area contributed by atoms with E-state index in [0.717, 1.165) is 6.42 Å². The Hall–Kier alpha value is -0.680. The number of nitrogens with one attached hydrogen (secondary N) is 1. The van der Waals surface area contributed by atoms with Crippen LogP contribution < -0.4 is 11.1 Å². The Bertz CT molecular complexity index is 483. The first kappa shape index (κ1) is 21.4. The molecule has 24 heavy (non-hydrogen) atoms. The number of hydrogen-bond acceptors (Lipinski definition) is 5. The maximum atomic E-state index is 12.9. The normalized spacial score (nSPS) is 23.0. The zero-order valence-corrected chi connectivity index (χ0v) is 16.5. The number of carbonyl (C=O) groups is 1. The quantitative estimate of drug-likeness (QED) is 0.615. The van der Waals surface area contributed by atoms with Crippen LogP contribution in [0.25, 0.3) is 0 Å². The van der Waals surface area contributed by atoms with Crippen LogP contribution >= 0.6 is 7.60 Å². The van der Waals surface area contributed by atoms with Crippen molar-refractivity contribution < 1.29 is 18.4 Å². The number of amides is 1. The molecule has 3 N–H and O–H groups in total. The van der Waals surface area contributed by atoms with E-state index in [1.165, 1.54) is 6.92 Å². The van der Waals surface area contributed by atoms with Gasteiger partial charge >= 0.3 is 7.60 Å². The van der Waals surface area contributed by atoms with Gasteiger partial charge in [0.25, 0.3) is 0 Å². The van der Waals surface area contributed by atoms with Crippen LogP contribution in [0.4, 0.5) is 0 Å². The molecule has 0 saturated heterocycles. The molecule has 1 aliphatic rings. The molecule has 0 heterocycles. The fraction of sp³-hybridized carbons (Fsp3) is 0.824. The summed E-state index contributed by atoms with van der Waals surface area (Å²) in [6.07, 6.45) is 3.94. The molecule has 140 valence electrons. The molecule has 0 bridgehead atoms. The maximum Gasteiger partial charge on any atom is 0.357 e. The summed E-state index contributed by atoms with van der Waals surface area (Å²) in [4.78, 5) is 11.5. The van der Waals surface area contributed by atoms with Gasteiger partial charge in [-0.2, -0.15) is 0 Å². The summed E-state index contributed by atoms with van der Waals surface area (Å²) < 4.78 is 23.8. The number of nitrogens with two attached hydrogens (primary N) is 1. The highest BCUT2D eigenvalue weighted by molar-refractivity contribution is 7.58. The lowest BCUT2D eigenvalue weighted by atomic mass is 9.80. The van der Waals surface area contributed by atoms with Gasteiger partial charge in [-0.05, 0) is 44.9 Å². The van der Waals surface area contributed by atoms with Gasteiger partial charge in [0, 0.05) is 24.3 Å². The minimum atomic E-state index is -3.25. The first-order valence-corrected chi connectivity index (χ1v) is 10.4. The van der Waals surface area contributed by atoms with Crippen molar-refractivity contribution in [3.8, 4) is 0 Å². The van der Waals surface area contributed by atoms with E-state index in [-0.39, 0.29) is 23.9 Å². The first-order valence-electron chi connectivity index (χ1n) is 8.84. The highest BCUT2D eigenvalue weighted by Gasteiger charge is 2.38. The minimum Gasteiger partial charge on any atom is -0.353 e. The predicted molar refractivity (Wildman–Crippen MR) is 96.7 cm³/mol. The number of carbonyl (C=O) groups excluding carboxylic acids is 1. The molecule has 0 aromatic rings. The van der Waals surface area contributed by atoms with Crippen molar-refractivity contribution >= 4 is 13.5 Å². The van der Waals surface area contributed by atoms with Crippen molar-refractivity contribution in [3.63, 3.8) is 0 Å². The second kappa shape index (κ2) is 9.71. The second-order valence-corrected chi connectivity index (χ2v) is 8.82. The zero-order valence-electron chi connectivity index (χ0n) is 15.6. The fourth-order valence-corrected chi connectivity index (χ4v) is 5.11. The summed E-state index contributed by atoms with van der Waals surface area (Å²) in [6, 6.07) is -0.163. The average Bonchev–Trinajstić information content (AvgIpc) is 2.46. The van der Waals surface area contributed by atoms with Gasteiger partial charge in [0.1, 0.15) is 0 Å². The standard InChI is InChI=1S/C17H33N2O4P/c1-6-22-24(21,23-7-2)14-8-9-15(16(18)11-14)17(10-12(3)4)19-13(5)20/h8,12,15-17H,6-7,9-11,18H2,1-5H3,(H,19,20)/t15-,16-,17+/m1/s1. The Morgan fingerprint density at radius 1 is 1.38 bits per heavy atom. The predicted octanol–water partition coefficient (Wildman–Crippen LogP) is 3.42. The minimum absolute atomic E-state index is 0.0221. The summed E-state index contributed by atoms with van der Waals surface area (Å²) >= 11 is 0. The molecule has 7 heteroatoms. The topological polar surface area (TPSA) is 90.6 Å². The van der Waals surface area contributed by atoms with Crippen molar-refractivity contribution in [1.29, 1.82) is 0 Å². The van der Waals surface area contributed by atoms with E-state index < -0.39 is 7.60 Å². The van der Waals surface area contributed by atoms with Gasteiger partial charge in [0.15, 0.2) is 0 Å². The molecule has 0 aromatic carbocycles. The number of hydrogen-bond donors (Lipinski definition) is 2. The lowest BCUT2D eigenvalue weighted by molar-refractivity contribution is -0.120.